The lowest BCUT2D eigenvalue weighted by Crippen LogP contribution is -2.18. The molecular weight excluding hydrogens is 318 g/mol. The molecule has 9 heteroatoms. The summed E-state index contributed by atoms with van der Waals surface area (Å²) < 4.78 is -0.814. The van der Waals surface area contributed by atoms with Gasteiger partial charge in [0.25, 0.3) is 5.69 Å². The molecule has 1 aromatic carbocycles. The van der Waals surface area contributed by atoms with Gasteiger partial charge in [-0.15, -0.1) is 23.5 Å². The number of thioether (sulfide) groups is 2. The molecule has 0 heterocycles. The number of carboxylic acids is 2. The fourth-order valence-corrected chi connectivity index (χ4v) is 3.58. The minimum absolute atomic E-state index is 0.0763. The lowest BCUT2D eigenvalue weighted by Gasteiger charge is -2.27. The van der Waals surface area contributed by atoms with Gasteiger partial charge < -0.3 is 10.2 Å². The molecule has 0 aliphatic carbocycles. The highest BCUT2D eigenvalue weighted by Crippen LogP contribution is 2.46. The summed E-state index contributed by atoms with van der Waals surface area (Å²) in [6.45, 7) is 1.70. The zero-order valence-electron chi connectivity index (χ0n) is 11.0. The van der Waals surface area contributed by atoms with Gasteiger partial charge in [0.1, 0.15) is 0 Å². The van der Waals surface area contributed by atoms with Gasteiger partial charge in [-0.05, 0) is 24.6 Å². The number of carbonyl (C=O) groups is 2. The smallest absolute Gasteiger partial charge is 0.313 e. The molecule has 0 amide bonds. The molecule has 0 unspecified atom stereocenters. The van der Waals surface area contributed by atoms with Crippen molar-refractivity contribution in [3.8, 4) is 0 Å². The van der Waals surface area contributed by atoms with Gasteiger partial charge in [-0.25, -0.2) is 0 Å². The second kappa shape index (κ2) is 7.32. The Labute approximate surface area is 128 Å². The molecule has 0 spiro atoms. The largest absolute Gasteiger partial charge is 0.481 e. The van der Waals surface area contributed by atoms with Crippen molar-refractivity contribution in [2.24, 2.45) is 0 Å². The predicted octanol–water partition coefficient (Wildman–Crippen LogP) is 2.40. The second-order valence-corrected chi connectivity index (χ2v) is 7.16. The lowest BCUT2D eigenvalue weighted by molar-refractivity contribution is -0.384. The summed E-state index contributed by atoms with van der Waals surface area (Å²) in [6, 6.07) is 5.66. The Balaban J connectivity index is 3.00. The molecule has 0 fully saturated rings. The van der Waals surface area contributed by atoms with Crippen molar-refractivity contribution in [2.75, 3.05) is 11.5 Å². The van der Waals surface area contributed by atoms with Crippen LogP contribution in [0.4, 0.5) is 5.69 Å². The number of nitro benzene ring substituents is 1. The van der Waals surface area contributed by atoms with Gasteiger partial charge in [-0.3, -0.25) is 19.7 Å². The Morgan fingerprint density at radius 2 is 1.57 bits per heavy atom. The van der Waals surface area contributed by atoms with E-state index in [1.807, 2.05) is 0 Å². The Hall–Kier alpha value is -1.74. The summed E-state index contributed by atoms with van der Waals surface area (Å²) in [6.07, 6.45) is 0. The molecule has 0 saturated carbocycles. The van der Waals surface area contributed by atoms with Gasteiger partial charge in [0.05, 0.1) is 20.5 Å². The Morgan fingerprint density at radius 1 is 1.14 bits per heavy atom. The van der Waals surface area contributed by atoms with E-state index in [9.17, 15) is 19.7 Å². The molecule has 2 N–H and O–H groups in total. The standard InChI is InChI=1S/C12H13NO6S2/c1-12(20-6-10(14)15,21-7-11(16)17)8-2-4-9(5-3-8)13(18)19/h2-5H,6-7H2,1H3,(H,14,15)(H,16,17). The number of aliphatic carboxylic acids is 2. The number of hydrogen-bond donors (Lipinski definition) is 2. The molecule has 0 aromatic heterocycles. The van der Waals surface area contributed by atoms with Crippen LogP contribution in [0.15, 0.2) is 24.3 Å². The van der Waals surface area contributed by atoms with Crippen molar-refractivity contribution >= 4 is 41.1 Å². The van der Waals surface area contributed by atoms with E-state index in [1.165, 1.54) is 24.3 Å². The van der Waals surface area contributed by atoms with Crippen LogP contribution in [0.2, 0.25) is 0 Å². The number of rotatable bonds is 8. The van der Waals surface area contributed by atoms with Crippen LogP contribution < -0.4 is 0 Å². The van der Waals surface area contributed by atoms with Crippen molar-refractivity contribution in [3.05, 3.63) is 39.9 Å². The number of carboxylic acid groups (broad SMARTS) is 2. The molecule has 1 rings (SSSR count). The van der Waals surface area contributed by atoms with E-state index in [0.717, 1.165) is 23.5 Å². The minimum Gasteiger partial charge on any atom is -0.481 e. The minimum atomic E-state index is -1.01. The third-order valence-corrected chi connectivity index (χ3v) is 5.61. The van der Waals surface area contributed by atoms with Crippen LogP contribution in [0.1, 0.15) is 12.5 Å². The fraction of sp³-hybridized carbons (Fsp3) is 0.333. The molecule has 0 atom stereocenters. The molecule has 0 aliphatic heterocycles. The maximum Gasteiger partial charge on any atom is 0.313 e. The van der Waals surface area contributed by atoms with Crippen molar-refractivity contribution < 1.29 is 24.7 Å². The van der Waals surface area contributed by atoms with E-state index in [4.69, 9.17) is 10.2 Å². The third kappa shape index (κ3) is 5.27. The SMILES string of the molecule is CC(SCC(=O)O)(SCC(=O)O)c1ccc([N+](=O)[O-])cc1. The zero-order chi connectivity index (χ0) is 16.0. The summed E-state index contributed by atoms with van der Waals surface area (Å²) in [7, 11) is 0. The van der Waals surface area contributed by atoms with Gasteiger partial charge in [0.2, 0.25) is 0 Å². The summed E-state index contributed by atoms with van der Waals surface area (Å²) >= 11 is 2.14. The first kappa shape index (κ1) is 17.3. The van der Waals surface area contributed by atoms with E-state index in [2.05, 4.69) is 0 Å². The maximum absolute atomic E-state index is 10.7. The summed E-state index contributed by atoms with van der Waals surface area (Å²) in [5.41, 5.74) is 0.554. The topological polar surface area (TPSA) is 118 Å². The first-order valence-corrected chi connectivity index (χ1v) is 7.68. The van der Waals surface area contributed by atoms with Gasteiger partial charge in [0, 0.05) is 12.1 Å². The van der Waals surface area contributed by atoms with Crippen molar-refractivity contribution in [2.45, 2.75) is 11.0 Å². The van der Waals surface area contributed by atoms with Crippen LogP contribution in [0, 0.1) is 10.1 Å². The average molecular weight is 331 g/mol. The zero-order valence-corrected chi connectivity index (χ0v) is 12.6. The van der Waals surface area contributed by atoms with E-state index in [1.54, 1.807) is 6.92 Å². The number of nitrogens with zero attached hydrogens (tertiary/aromatic N) is 1. The first-order chi connectivity index (χ1) is 9.74. The van der Waals surface area contributed by atoms with E-state index >= 15 is 0 Å². The van der Waals surface area contributed by atoms with Crippen molar-refractivity contribution in [1.29, 1.82) is 0 Å². The van der Waals surface area contributed by atoms with Crippen LogP contribution in [0.25, 0.3) is 0 Å². The van der Waals surface area contributed by atoms with Crippen LogP contribution in [-0.2, 0) is 13.7 Å². The first-order valence-electron chi connectivity index (χ1n) is 5.71. The fourth-order valence-electron chi connectivity index (χ4n) is 1.49. The highest BCUT2D eigenvalue weighted by Gasteiger charge is 2.30. The Kier molecular flexibility index (Phi) is 6.03. The van der Waals surface area contributed by atoms with Crippen LogP contribution in [0.5, 0.6) is 0 Å². The molecule has 114 valence electrons. The van der Waals surface area contributed by atoms with Crippen LogP contribution >= 0.6 is 23.5 Å². The maximum atomic E-state index is 10.7. The highest BCUT2D eigenvalue weighted by atomic mass is 32.2. The lowest BCUT2D eigenvalue weighted by atomic mass is 10.1. The predicted molar refractivity (Wildman–Crippen MR) is 80.6 cm³/mol. The normalized spacial score (nSPS) is 11.1. The van der Waals surface area contributed by atoms with Crippen molar-refractivity contribution in [3.63, 3.8) is 0 Å². The third-order valence-electron chi connectivity index (χ3n) is 2.54. The molecule has 21 heavy (non-hydrogen) atoms. The average Bonchev–Trinajstić information content (AvgIpc) is 2.43. The van der Waals surface area contributed by atoms with E-state index < -0.39 is 20.9 Å². The molecule has 0 saturated heterocycles. The molecule has 0 radical (unpaired) electrons. The second-order valence-electron chi connectivity index (χ2n) is 4.11. The van der Waals surface area contributed by atoms with Gasteiger partial charge >= 0.3 is 11.9 Å². The van der Waals surface area contributed by atoms with Crippen molar-refractivity contribution in [1.82, 2.24) is 0 Å². The van der Waals surface area contributed by atoms with E-state index in [0.29, 0.717) is 5.56 Å². The Morgan fingerprint density at radius 3 is 1.90 bits per heavy atom. The molecular formula is C12H13NO6S2. The Bertz CT molecular complexity index is 527. The highest BCUT2D eigenvalue weighted by molar-refractivity contribution is 8.18. The molecule has 0 aliphatic rings. The number of non-ortho nitro benzene ring substituents is 1. The molecule has 0 bridgehead atoms. The summed E-state index contributed by atoms with van der Waals surface area (Å²) in [5, 5.41) is 28.2. The van der Waals surface area contributed by atoms with Gasteiger partial charge in [-0.1, -0.05) is 0 Å². The quantitative estimate of drug-likeness (QED) is 0.423. The molecule has 1 aromatic rings. The van der Waals surface area contributed by atoms with Gasteiger partial charge in [0.15, 0.2) is 0 Å². The number of nitro groups is 1. The molecule has 7 nitrogen and oxygen atoms in total. The monoisotopic (exact) mass is 331 g/mol. The number of hydrogen-bond acceptors (Lipinski definition) is 6. The summed E-state index contributed by atoms with van der Waals surface area (Å²) in [5.74, 6) is -2.41. The van der Waals surface area contributed by atoms with Crippen LogP contribution in [-0.4, -0.2) is 38.6 Å². The van der Waals surface area contributed by atoms with Crippen LogP contribution in [0.3, 0.4) is 0 Å². The van der Waals surface area contributed by atoms with Gasteiger partial charge in [-0.2, -0.15) is 0 Å². The summed E-state index contributed by atoms with van der Waals surface area (Å²) in [4.78, 5) is 31.5. The van der Waals surface area contributed by atoms with E-state index in [-0.39, 0.29) is 17.2 Å². The number of benzene rings is 1.